The minimum absolute atomic E-state index is 0.106. The number of aromatic carboxylic acids is 1. The molecule has 1 aromatic heterocycles. The number of carbonyl (C=O) groups is 1. The molecule has 0 bridgehead atoms. The molecule has 23 heavy (non-hydrogen) atoms. The Morgan fingerprint density at radius 1 is 1.04 bits per heavy atom. The lowest BCUT2D eigenvalue weighted by atomic mass is 10.0. The maximum Gasteiger partial charge on any atom is 0.335 e. The summed E-state index contributed by atoms with van der Waals surface area (Å²) in [5.41, 5.74) is 1.73. The van der Waals surface area contributed by atoms with Crippen LogP contribution in [0.4, 0.5) is 0 Å². The molecule has 0 spiro atoms. The molecule has 0 saturated carbocycles. The van der Waals surface area contributed by atoms with Crippen LogP contribution >= 0.6 is 0 Å². The first kappa shape index (κ1) is 14.7. The zero-order valence-electron chi connectivity index (χ0n) is 12.2. The SMILES string of the molecule is O=C(O)c1ccnc(/C(Cc2ccc3ccccc3c2)=N/O)c1. The van der Waals surface area contributed by atoms with E-state index in [0.717, 1.165) is 16.3 Å². The summed E-state index contributed by atoms with van der Waals surface area (Å²) < 4.78 is 0. The Morgan fingerprint density at radius 3 is 2.57 bits per heavy atom. The molecule has 0 saturated heterocycles. The van der Waals surface area contributed by atoms with Crippen LogP contribution in [0.2, 0.25) is 0 Å². The molecule has 1 heterocycles. The van der Waals surface area contributed by atoms with Gasteiger partial charge in [0.15, 0.2) is 0 Å². The number of oxime groups is 1. The van der Waals surface area contributed by atoms with Crippen LogP contribution in [0.1, 0.15) is 21.6 Å². The summed E-state index contributed by atoms with van der Waals surface area (Å²) in [6.07, 6.45) is 1.75. The Morgan fingerprint density at radius 2 is 1.83 bits per heavy atom. The Bertz CT molecular complexity index is 903. The van der Waals surface area contributed by atoms with Crippen molar-refractivity contribution in [1.29, 1.82) is 0 Å². The highest BCUT2D eigenvalue weighted by Gasteiger charge is 2.11. The van der Waals surface area contributed by atoms with E-state index in [9.17, 15) is 10.0 Å². The van der Waals surface area contributed by atoms with Gasteiger partial charge in [-0.15, -0.1) is 0 Å². The van der Waals surface area contributed by atoms with Crippen LogP contribution in [-0.4, -0.2) is 27.0 Å². The number of pyridine rings is 1. The molecule has 0 aliphatic rings. The number of aromatic nitrogens is 1. The number of carboxylic acids is 1. The second-order valence-corrected chi connectivity index (χ2v) is 5.14. The zero-order valence-corrected chi connectivity index (χ0v) is 12.2. The van der Waals surface area contributed by atoms with Gasteiger partial charge in [-0.25, -0.2) is 4.79 Å². The average Bonchev–Trinajstić information content (AvgIpc) is 2.59. The van der Waals surface area contributed by atoms with E-state index in [1.165, 1.54) is 18.3 Å². The fourth-order valence-corrected chi connectivity index (χ4v) is 2.44. The van der Waals surface area contributed by atoms with Crippen molar-refractivity contribution < 1.29 is 15.1 Å². The number of hydrogen-bond acceptors (Lipinski definition) is 4. The molecule has 0 aliphatic carbocycles. The molecule has 114 valence electrons. The van der Waals surface area contributed by atoms with Crippen LogP contribution in [0.5, 0.6) is 0 Å². The van der Waals surface area contributed by atoms with Gasteiger partial charge in [0.05, 0.1) is 11.3 Å². The van der Waals surface area contributed by atoms with E-state index in [0.29, 0.717) is 17.8 Å². The van der Waals surface area contributed by atoms with E-state index < -0.39 is 5.97 Å². The molecule has 0 atom stereocenters. The normalized spacial score (nSPS) is 11.6. The molecule has 3 rings (SSSR count). The first-order valence-electron chi connectivity index (χ1n) is 7.05. The molecule has 2 N–H and O–H groups in total. The van der Waals surface area contributed by atoms with Crippen molar-refractivity contribution in [2.24, 2.45) is 5.16 Å². The molecule has 3 aromatic rings. The smallest absolute Gasteiger partial charge is 0.335 e. The fourth-order valence-electron chi connectivity index (χ4n) is 2.44. The van der Waals surface area contributed by atoms with E-state index in [-0.39, 0.29) is 5.56 Å². The van der Waals surface area contributed by atoms with Gasteiger partial charge in [0.1, 0.15) is 5.71 Å². The van der Waals surface area contributed by atoms with Gasteiger partial charge in [-0.2, -0.15) is 0 Å². The van der Waals surface area contributed by atoms with Gasteiger partial charge in [0.25, 0.3) is 0 Å². The molecule has 0 fully saturated rings. The molecule has 5 heteroatoms. The summed E-state index contributed by atoms with van der Waals surface area (Å²) in [6.45, 7) is 0. The summed E-state index contributed by atoms with van der Waals surface area (Å²) in [4.78, 5) is 15.1. The Labute approximate surface area is 132 Å². The van der Waals surface area contributed by atoms with Crippen molar-refractivity contribution in [1.82, 2.24) is 4.98 Å². The van der Waals surface area contributed by atoms with Crippen molar-refractivity contribution in [2.45, 2.75) is 6.42 Å². The van der Waals surface area contributed by atoms with E-state index in [1.807, 2.05) is 42.5 Å². The van der Waals surface area contributed by atoms with Gasteiger partial charge >= 0.3 is 5.97 Å². The molecule has 2 aromatic carbocycles. The summed E-state index contributed by atoms with van der Waals surface area (Å²) in [5.74, 6) is -1.04. The van der Waals surface area contributed by atoms with Crippen LogP contribution < -0.4 is 0 Å². The highest BCUT2D eigenvalue weighted by Crippen LogP contribution is 2.17. The molecule has 0 radical (unpaired) electrons. The second kappa shape index (κ2) is 6.27. The van der Waals surface area contributed by atoms with Gasteiger partial charge in [-0.05, 0) is 28.5 Å². The average molecular weight is 306 g/mol. The van der Waals surface area contributed by atoms with E-state index in [1.54, 1.807) is 0 Å². The van der Waals surface area contributed by atoms with Crippen LogP contribution in [0, 0.1) is 0 Å². The standard InChI is InChI=1S/C18H14N2O3/c21-18(22)15-7-8-19-16(11-15)17(20-23)10-12-5-6-13-3-1-2-4-14(13)9-12/h1-9,11,23H,10H2,(H,21,22)/b20-17+. The monoisotopic (exact) mass is 306 g/mol. The molecule has 0 aliphatic heterocycles. The van der Waals surface area contributed by atoms with Crippen molar-refractivity contribution >= 4 is 22.5 Å². The molecule has 0 amide bonds. The molecule has 5 nitrogen and oxygen atoms in total. The lowest BCUT2D eigenvalue weighted by molar-refractivity contribution is 0.0696. The minimum Gasteiger partial charge on any atom is -0.478 e. The fraction of sp³-hybridized carbons (Fsp3) is 0.0556. The summed E-state index contributed by atoms with van der Waals surface area (Å²) in [5, 5.41) is 23.8. The van der Waals surface area contributed by atoms with E-state index >= 15 is 0 Å². The Hall–Kier alpha value is -3.21. The van der Waals surface area contributed by atoms with Gasteiger partial charge in [-0.1, -0.05) is 47.6 Å². The van der Waals surface area contributed by atoms with Crippen molar-refractivity contribution in [2.75, 3.05) is 0 Å². The van der Waals surface area contributed by atoms with Crippen LogP contribution in [0.3, 0.4) is 0 Å². The van der Waals surface area contributed by atoms with Crippen LogP contribution in [0.15, 0.2) is 65.9 Å². The highest BCUT2D eigenvalue weighted by molar-refractivity contribution is 6.02. The van der Waals surface area contributed by atoms with Crippen molar-refractivity contribution in [3.8, 4) is 0 Å². The third kappa shape index (κ3) is 3.18. The van der Waals surface area contributed by atoms with E-state index in [4.69, 9.17) is 5.11 Å². The lowest BCUT2D eigenvalue weighted by Crippen LogP contribution is -2.09. The summed E-state index contributed by atoms with van der Waals surface area (Å²) in [7, 11) is 0. The number of hydrogen-bond donors (Lipinski definition) is 2. The maximum atomic E-state index is 11.0. The van der Waals surface area contributed by atoms with Crippen LogP contribution in [-0.2, 0) is 6.42 Å². The molecular formula is C18H14N2O3. The van der Waals surface area contributed by atoms with Gasteiger partial charge in [0.2, 0.25) is 0 Å². The summed E-state index contributed by atoms with van der Waals surface area (Å²) in [6, 6.07) is 16.7. The number of nitrogens with zero attached hydrogens (tertiary/aromatic N) is 2. The highest BCUT2D eigenvalue weighted by atomic mass is 16.4. The third-order valence-electron chi connectivity index (χ3n) is 3.61. The minimum atomic E-state index is -1.04. The number of carboxylic acid groups (broad SMARTS) is 1. The number of benzene rings is 2. The van der Waals surface area contributed by atoms with Gasteiger partial charge < -0.3 is 10.3 Å². The van der Waals surface area contributed by atoms with Crippen molar-refractivity contribution in [3.63, 3.8) is 0 Å². The first-order valence-corrected chi connectivity index (χ1v) is 7.05. The molecule has 0 unspecified atom stereocenters. The molecular weight excluding hydrogens is 292 g/mol. The number of fused-ring (bicyclic) bond motifs is 1. The van der Waals surface area contributed by atoms with Gasteiger partial charge in [0, 0.05) is 12.6 Å². The lowest BCUT2D eigenvalue weighted by Gasteiger charge is -2.06. The zero-order chi connectivity index (χ0) is 16.2. The topological polar surface area (TPSA) is 82.8 Å². The third-order valence-corrected chi connectivity index (χ3v) is 3.61. The Kier molecular flexibility index (Phi) is 4.01. The second-order valence-electron chi connectivity index (χ2n) is 5.14. The van der Waals surface area contributed by atoms with Gasteiger partial charge in [-0.3, -0.25) is 4.98 Å². The maximum absolute atomic E-state index is 11.0. The van der Waals surface area contributed by atoms with Crippen molar-refractivity contribution in [3.05, 3.63) is 77.6 Å². The quantitative estimate of drug-likeness (QED) is 0.440. The first-order chi connectivity index (χ1) is 11.2. The Balaban J connectivity index is 1.92. The van der Waals surface area contributed by atoms with Crippen LogP contribution in [0.25, 0.3) is 10.8 Å². The summed E-state index contributed by atoms with van der Waals surface area (Å²) >= 11 is 0. The predicted octanol–water partition coefficient (Wildman–Crippen LogP) is 3.35. The number of rotatable bonds is 4. The van der Waals surface area contributed by atoms with E-state index in [2.05, 4.69) is 10.1 Å². The largest absolute Gasteiger partial charge is 0.478 e. The predicted molar refractivity (Wildman–Crippen MR) is 87.2 cm³/mol.